The lowest BCUT2D eigenvalue weighted by molar-refractivity contribution is -0.402. The summed E-state index contributed by atoms with van der Waals surface area (Å²) in [6, 6.07) is 0. The summed E-state index contributed by atoms with van der Waals surface area (Å²) in [5, 5.41) is 9.74. The van der Waals surface area contributed by atoms with E-state index in [0.29, 0.717) is 5.92 Å². The van der Waals surface area contributed by atoms with Gasteiger partial charge < -0.3 is 0 Å². The summed E-state index contributed by atoms with van der Waals surface area (Å²) in [7, 11) is 0. The number of rotatable bonds is 3. The van der Waals surface area contributed by atoms with Crippen LogP contribution in [-0.4, -0.2) is 4.92 Å². The zero-order valence-electron chi connectivity index (χ0n) is 5.70. The van der Waals surface area contributed by atoms with Crippen LogP contribution in [0.25, 0.3) is 0 Å². The summed E-state index contributed by atoms with van der Waals surface area (Å²) >= 11 is 0. The fourth-order valence-corrected chi connectivity index (χ4v) is 0.353. The van der Waals surface area contributed by atoms with Crippen molar-refractivity contribution < 1.29 is 4.92 Å². The molecule has 0 N–H and O–H groups in total. The standard InChI is InChI=1S/C6H11NO2/c1-3-6(2)4-5-7(8)9/h4-6H,3H2,1-2H3/b5-4+. The molecule has 0 bridgehead atoms. The Kier molecular flexibility index (Phi) is 3.67. The van der Waals surface area contributed by atoms with Gasteiger partial charge in [-0.1, -0.05) is 13.8 Å². The first-order valence-corrected chi connectivity index (χ1v) is 2.98. The molecule has 0 aromatic heterocycles. The number of hydrogen-bond donors (Lipinski definition) is 0. The maximum atomic E-state index is 9.74. The summed E-state index contributed by atoms with van der Waals surface area (Å²) < 4.78 is 0. The monoisotopic (exact) mass is 129 g/mol. The van der Waals surface area contributed by atoms with Gasteiger partial charge in [-0.2, -0.15) is 0 Å². The zero-order chi connectivity index (χ0) is 7.28. The van der Waals surface area contributed by atoms with Gasteiger partial charge in [-0.05, 0) is 18.4 Å². The maximum absolute atomic E-state index is 9.74. The smallest absolute Gasteiger partial charge is 0.230 e. The highest BCUT2D eigenvalue weighted by Gasteiger charge is 1.92. The van der Waals surface area contributed by atoms with E-state index in [9.17, 15) is 10.1 Å². The molecule has 0 spiro atoms. The number of allylic oxidation sites excluding steroid dienone is 1. The molecule has 0 amide bonds. The van der Waals surface area contributed by atoms with Crippen molar-refractivity contribution in [2.45, 2.75) is 20.3 Å². The molecule has 1 unspecified atom stereocenters. The van der Waals surface area contributed by atoms with Crippen LogP contribution in [0.15, 0.2) is 12.3 Å². The number of nitro groups is 1. The molecule has 0 rings (SSSR count). The normalized spacial score (nSPS) is 14.0. The Hall–Kier alpha value is -0.860. The summed E-state index contributed by atoms with van der Waals surface area (Å²) in [6.07, 6.45) is 3.54. The van der Waals surface area contributed by atoms with Crippen molar-refractivity contribution >= 4 is 0 Å². The molecule has 3 nitrogen and oxygen atoms in total. The van der Waals surface area contributed by atoms with Crippen LogP contribution in [0.1, 0.15) is 20.3 Å². The predicted molar refractivity (Wildman–Crippen MR) is 35.6 cm³/mol. The number of nitrogens with zero attached hydrogens (tertiary/aromatic N) is 1. The van der Waals surface area contributed by atoms with Crippen molar-refractivity contribution in [3.8, 4) is 0 Å². The highest BCUT2D eigenvalue weighted by atomic mass is 16.6. The summed E-state index contributed by atoms with van der Waals surface area (Å²) in [4.78, 5) is 9.30. The lowest BCUT2D eigenvalue weighted by Gasteiger charge is -1.94. The molecule has 0 saturated heterocycles. The second-order valence-corrected chi connectivity index (χ2v) is 2.01. The Morgan fingerprint density at radius 1 is 1.78 bits per heavy atom. The minimum absolute atomic E-state index is 0.315. The Bertz CT molecular complexity index is 120. The maximum Gasteiger partial charge on any atom is 0.230 e. The third-order valence-corrected chi connectivity index (χ3v) is 1.18. The van der Waals surface area contributed by atoms with E-state index in [1.165, 1.54) is 0 Å². The lowest BCUT2D eigenvalue weighted by atomic mass is 10.1. The predicted octanol–water partition coefficient (Wildman–Crippen LogP) is 1.82. The Balaban J connectivity index is 3.56. The van der Waals surface area contributed by atoms with Crippen molar-refractivity contribution in [1.29, 1.82) is 0 Å². The van der Waals surface area contributed by atoms with Gasteiger partial charge in [-0.15, -0.1) is 0 Å². The molecule has 0 aliphatic carbocycles. The SMILES string of the molecule is CCC(C)/C=C/[N+](=O)[O-]. The summed E-state index contributed by atoms with van der Waals surface area (Å²) in [6.45, 7) is 3.94. The number of hydrogen-bond acceptors (Lipinski definition) is 2. The van der Waals surface area contributed by atoms with Gasteiger partial charge in [0, 0.05) is 0 Å². The molecule has 0 aromatic rings. The third-order valence-electron chi connectivity index (χ3n) is 1.18. The van der Waals surface area contributed by atoms with Crippen LogP contribution in [-0.2, 0) is 0 Å². The molecule has 0 aromatic carbocycles. The highest BCUT2D eigenvalue weighted by molar-refractivity contribution is 4.77. The van der Waals surface area contributed by atoms with Crippen LogP contribution in [0.3, 0.4) is 0 Å². The molecule has 1 atom stereocenters. The van der Waals surface area contributed by atoms with E-state index in [1.54, 1.807) is 6.08 Å². The van der Waals surface area contributed by atoms with E-state index >= 15 is 0 Å². The first kappa shape index (κ1) is 8.14. The van der Waals surface area contributed by atoms with E-state index in [4.69, 9.17) is 0 Å². The molecule has 52 valence electrons. The average Bonchev–Trinajstić information content (AvgIpc) is 1.83. The van der Waals surface area contributed by atoms with Crippen molar-refractivity contribution in [1.82, 2.24) is 0 Å². The molecule has 0 fully saturated rings. The Labute approximate surface area is 54.5 Å². The van der Waals surface area contributed by atoms with E-state index < -0.39 is 4.92 Å². The molecule has 0 aliphatic heterocycles. The van der Waals surface area contributed by atoms with E-state index in [2.05, 4.69) is 0 Å². The van der Waals surface area contributed by atoms with Crippen LogP contribution in [0.4, 0.5) is 0 Å². The van der Waals surface area contributed by atoms with Crippen molar-refractivity contribution in [3.63, 3.8) is 0 Å². The van der Waals surface area contributed by atoms with Gasteiger partial charge in [0.1, 0.15) is 0 Å². The summed E-state index contributed by atoms with van der Waals surface area (Å²) in [5.41, 5.74) is 0. The molecule has 3 heteroatoms. The first-order valence-electron chi connectivity index (χ1n) is 2.98. The van der Waals surface area contributed by atoms with Crippen molar-refractivity contribution in [2.24, 2.45) is 5.92 Å². The fourth-order valence-electron chi connectivity index (χ4n) is 0.353. The second kappa shape index (κ2) is 4.06. The van der Waals surface area contributed by atoms with Crippen LogP contribution in [0, 0.1) is 16.0 Å². The zero-order valence-corrected chi connectivity index (χ0v) is 5.70. The van der Waals surface area contributed by atoms with E-state index in [0.717, 1.165) is 12.6 Å². The average molecular weight is 129 g/mol. The molecular formula is C6H11NO2. The van der Waals surface area contributed by atoms with Gasteiger partial charge in [-0.25, -0.2) is 0 Å². The van der Waals surface area contributed by atoms with Gasteiger partial charge in [0.2, 0.25) is 6.20 Å². The second-order valence-electron chi connectivity index (χ2n) is 2.01. The molecule has 0 saturated carbocycles. The third kappa shape index (κ3) is 5.00. The molecule has 0 radical (unpaired) electrons. The van der Waals surface area contributed by atoms with Gasteiger partial charge in [0.05, 0.1) is 4.92 Å². The van der Waals surface area contributed by atoms with E-state index in [1.807, 2.05) is 13.8 Å². The van der Waals surface area contributed by atoms with Gasteiger partial charge in [0.15, 0.2) is 0 Å². The fraction of sp³-hybridized carbons (Fsp3) is 0.667. The Morgan fingerprint density at radius 2 is 2.33 bits per heavy atom. The molecule has 0 aliphatic rings. The molecule has 9 heavy (non-hydrogen) atoms. The van der Waals surface area contributed by atoms with Crippen LogP contribution < -0.4 is 0 Å². The highest BCUT2D eigenvalue weighted by Crippen LogP contribution is 2.00. The van der Waals surface area contributed by atoms with Gasteiger partial charge >= 0.3 is 0 Å². The van der Waals surface area contributed by atoms with Crippen LogP contribution >= 0.6 is 0 Å². The quantitative estimate of drug-likeness (QED) is 0.431. The largest absolute Gasteiger partial charge is 0.259 e. The van der Waals surface area contributed by atoms with Crippen LogP contribution in [0.5, 0.6) is 0 Å². The Morgan fingerprint density at radius 3 is 2.67 bits per heavy atom. The minimum Gasteiger partial charge on any atom is -0.259 e. The van der Waals surface area contributed by atoms with Gasteiger partial charge in [0.25, 0.3) is 0 Å². The molecule has 0 heterocycles. The van der Waals surface area contributed by atoms with Crippen LogP contribution in [0.2, 0.25) is 0 Å². The lowest BCUT2D eigenvalue weighted by Crippen LogP contribution is -1.88. The topological polar surface area (TPSA) is 43.1 Å². The summed E-state index contributed by atoms with van der Waals surface area (Å²) in [5.74, 6) is 0.315. The van der Waals surface area contributed by atoms with Crippen molar-refractivity contribution in [2.75, 3.05) is 0 Å². The minimum atomic E-state index is -0.438. The first-order chi connectivity index (χ1) is 4.16. The molecular weight excluding hydrogens is 118 g/mol. The van der Waals surface area contributed by atoms with Crippen molar-refractivity contribution in [3.05, 3.63) is 22.4 Å². The van der Waals surface area contributed by atoms with Gasteiger partial charge in [-0.3, -0.25) is 10.1 Å². The van der Waals surface area contributed by atoms with E-state index in [-0.39, 0.29) is 0 Å².